The first-order valence-electron chi connectivity index (χ1n) is 9.08. The van der Waals surface area contributed by atoms with Gasteiger partial charge in [-0.25, -0.2) is 4.98 Å². The molecule has 0 bridgehead atoms. The normalized spacial score (nSPS) is 16.1. The molecule has 1 aliphatic carbocycles. The van der Waals surface area contributed by atoms with Gasteiger partial charge >= 0.3 is 0 Å². The number of carbonyl (C=O) groups excluding carboxylic acids is 1. The van der Waals surface area contributed by atoms with E-state index in [0.717, 1.165) is 30.5 Å². The molecule has 1 aliphatic rings. The van der Waals surface area contributed by atoms with Crippen LogP contribution in [0.5, 0.6) is 0 Å². The second kappa shape index (κ2) is 7.91. The molecule has 3 aromatic rings. The maximum Gasteiger partial charge on any atom is 0.280 e. The molecule has 1 heterocycles. The van der Waals surface area contributed by atoms with Gasteiger partial charge in [0.05, 0.1) is 5.54 Å². The predicted molar refractivity (Wildman–Crippen MR) is 112 cm³/mol. The first-order chi connectivity index (χ1) is 13.6. The lowest BCUT2D eigenvalue weighted by Crippen LogP contribution is -2.50. The predicted octanol–water partition coefficient (Wildman–Crippen LogP) is 4.71. The van der Waals surface area contributed by atoms with Crippen LogP contribution >= 0.6 is 22.9 Å². The number of thiazole rings is 1. The second-order valence-corrected chi connectivity index (χ2v) is 8.24. The smallest absolute Gasteiger partial charge is 0.280 e. The molecule has 7 heteroatoms. The summed E-state index contributed by atoms with van der Waals surface area (Å²) < 4.78 is 0. The Morgan fingerprint density at radius 1 is 1.21 bits per heavy atom. The van der Waals surface area contributed by atoms with Gasteiger partial charge in [-0.05, 0) is 49.1 Å². The Labute approximate surface area is 172 Å². The van der Waals surface area contributed by atoms with Crippen molar-refractivity contribution in [3.05, 3.63) is 81.3 Å². The number of nitrogens with one attached hydrogen (secondary N) is 2. The lowest BCUT2D eigenvalue weighted by molar-refractivity contribution is 0.0823. The number of halogens is 1. The van der Waals surface area contributed by atoms with Crippen LogP contribution in [0.1, 0.15) is 46.4 Å². The highest BCUT2D eigenvalue weighted by Gasteiger charge is 2.40. The summed E-state index contributed by atoms with van der Waals surface area (Å²) in [5, 5.41) is 19.5. The van der Waals surface area contributed by atoms with Gasteiger partial charge in [-0.15, -0.1) is 11.3 Å². The SMILES string of the molecule is O=C(NC1(c2ccc(NC(O)c3cccc(Cl)c3)cc2)CCC1)c1nccs1. The number of aromatic nitrogens is 1. The molecule has 4 rings (SSSR count). The minimum absolute atomic E-state index is 0.131. The summed E-state index contributed by atoms with van der Waals surface area (Å²) in [5.41, 5.74) is 2.21. The molecule has 1 fully saturated rings. The van der Waals surface area contributed by atoms with E-state index in [-0.39, 0.29) is 11.4 Å². The van der Waals surface area contributed by atoms with Crippen LogP contribution in [0.3, 0.4) is 0 Å². The van der Waals surface area contributed by atoms with Crippen molar-refractivity contribution in [1.82, 2.24) is 10.3 Å². The van der Waals surface area contributed by atoms with Crippen molar-refractivity contribution in [2.24, 2.45) is 0 Å². The van der Waals surface area contributed by atoms with E-state index in [9.17, 15) is 9.90 Å². The Bertz CT molecular complexity index is 956. The van der Waals surface area contributed by atoms with E-state index in [4.69, 9.17) is 11.6 Å². The molecule has 28 heavy (non-hydrogen) atoms. The lowest BCUT2D eigenvalue weighted by Gasteiger charge is -2.43. The Morgan fingerprint density at radius 2 is 2.00 bits per heavy atom. The van der Waals surface area contributed by atoms with Gasteiger partial charge in [-0.2, -0.15) is 0 Å². The molecular formula is C21H20ClN3O2S. The topological polar surface area (TPSA) is 74.2 Å². The third kappa shape index (κ3) is 3.90. The monoisotopic (exact) mass is 413 g/mol. The molecule has 1 amide bonds. The summed E-state index contributed by atoms with van der Waals surface area (Å²) in [5.74, 6) is -0.131. The quantitative estimate of drug-likeness (QED) is 0.511. The highest BCUT2D eigenvalue weighted by Crippen LogP contribution is 2.42. The van der Waals surface area contributed by atoms with Gasteiger partial charge in [0.2, 0.25) is 0 Å². The largest absolute Gasteiger partial charge is 0.369 e. The van der Waals surface area contributed by atoms with Gasteiger partial charge in [0.1, 0.15) is 0 Å². The average molecular weight is 414 g/mol. The Balaban J connectivity index is 1.46. The minimum atomic E-state index is -0.855. The Morgan fingerprint density at radius 3 is 2.61 bits per heavy atom. The summed E-state index contributed by atoms with van der Waals surface area (Å²) in [6, 6.07) is 14.9. The first kappa shape index (κ1) is 18.9. The standard InChI is InChI=1S/C21H20ClN3O2S/c22-16-4-1-3-14(13-16)18(26)24-17-7-5-15(6-8-17)21(9-2-10-21)25-19(27)20-23-11-12-28-20/h1,3-8,11-13,18,24,26H,2,9-10H2,(H,25,27). The fourth-order valence-corrected chi connectivity index (χ4v) is 4.16. The molecular weight excluding hydrogens is 394 g/mol. The highest BCUT2D eigenvalue weighted by molar-refractivity contribution is 7.11. The number of hydrogen-bond acceptors (Lipinski definition) is 5. The number of amides is 1. The molecule has 144 valence electrons. The summed E-state index contributed by atoms with van der Waals surface area (Å²) in [6.45, 7) is 0. The maximum absolute atomic E-state index is 12.5. The van der Waals surface area contributed by atoms with Crippen LogP contribution in [-0.4, -0.2) is 16.0 Å². The van der Waals surface area contributed by atoms with Crippen molar-refractivity contribution >= 4 is 34.5 Å². The van der Waals surface area contributed by atoms with Crippen LogP contribution in [-0.2, 0) is 5.54 Å². The summed E-state index contributed by atoms with van der Waals surface area (Å²) >= 11 is 7.33. The van der Waals surface area contributed by atoms with Crippen molar-refractivity contribution in [1.29, 1.82) is 0 Å². The van der Waals surface area contributed by atoms with E-state index in [1.165, 1.54) is 11.3 Å². The van der Waals surface area contributed by atoms with Crippen molar-refractivity contribution in [3.8, 4) is 0 Å². The number of aliphatic hydroxyl groups excluding tert-OH is 1. The molecule has 1 aromatic heterocycles. The van der Waals surface area contributed by atoms with E-state index in [1.54, 1.807) is 29.8 Å². The fourth-order valence-electron chi connectivity index (χ4n) is 3.43. The highest BCUT2D eigenvalue weighted by atomic mass is 35.5. The second-order valence-electron chi connectivity index (χ2n) is 6.91. The van der Waals surface area contributed by atoms with Gasteiger partial charge < -0.3 is 15.7 Å². The molecule has 1 saturated carbocycles. The van der Waals surface area contributed by atoms with E-state index in [2.05, 4.69) is 15.6 Å². The summed E-state index contributed by atoms with van der Waals surface area (Å²) in [7, 11) is 0. The van der Waals surface area contributed by atoms with E-state index < -0.39 is 6.23 Å². The number of nitrogens with zero attached hydrogens (tertiary/aromatic N) is 1. The maximum atomic E-state index is 12.5. The molecule has 1 atom stereocenters. The number of carbonyl (C=O) groups is 1. The molecule has 0 aliphatic heterocycles. The molecule has 0 spiro atoms. The lowest BCUT2D eigenvalue weighted by atomic mass is 9.71. The van der Waals surface area contributed by atoms with E-state index in [1.807, 2.05) is 30.3 Å². The first-order valence-corrected chi connectivity index (χ1v) is 10.3. The third-order valence-electron chi connectivity index (χ3n) is 5.09. The number of benzene rings is 2. The van der Waals surface area contributed by atoms with Crippen LogP contribution in [0, 0.1) is 0 Å². The van der Waals surface area contributed by atoms with Crippen LogP contribution in [0.25, 0.3) is 0 Å². The van der Waals surface area contributed by atoms with Gasteiger partial charge in [0.25, 0.3) is 5.91 Å². The molecule has 5 nitrogen and oxygen atoms in total. The van der Waals surface area contributed by atoms with Gasteiger partial charge in [0.15, 0.2) is 11.2 Å². The summed E-state index contributed by atoms with van der Waals surface area (Å²) in [4.78, 5) is 16.6. The zero-order chi connectivity index (χ0) is 19.6. The van der Waals surface area contributed by atoms with Gasteiger partial charge in [0, 0.05) is 27.9 Å². The third-order valence-corrected chi connectivity index (χ3v) is 6.10. The molecule has 2 aromatic carbocycles. The average Bonchev–Trinajstić information content (AvgIpc) is 3.20. The summed E-state index contributed by atoms with van der Waals surface area (Å²) in [6.07, 6.45) is 3.67. The Kier molecular flexibility index (Phi) is 5.35. The molecule has 1 unspecified atom stereocenters. The fraction of sp³-hybridized carbons (Fsp3) is 0.238. The van der Waals surface area contributed by atoms with Gasteiger partial charge in [-0.3, -0.25) is 4.79 Å². The zero-order valence-corrected chi connectivity index (χ0v) is 16.6. The van der Waals surface area contributed by atoms with E-state index >= 15 is 0 Å². The van der Waals surface area contributed by atoms with Crippen molar-refractivity contribution < 1.29 is 9.90 Å². The van der Waals surface area contributed by atoms with Crippen molar-refractivity contribution in [2.45, 2.75) is 31.0 Å². The van der Waals surface area contributed by atoms with Gasteiger partial charge in [-0.1, -0.05) is 35.9 Å². The molecule has 0 radical (unpaired) electrons. The number of rotatable bonds is 6. The minimum Gasteiger partial charge on any atom is -0.369 e. The van der Waals surface area contributed by atoms with Crippen molar-refractivity contribution in [2.75, 3.05) is 5.32 Å². The van der Waals surface area contributed by atoms with Crippen LogP contribution < -0.4 is 10.6 Å². The van der Waals surface area contributed by atoms with E-state index in [0.29, 0.717) is 15.6 Å². The van der Waals surface area contributed by atoms with Crippen LogP contribution in [0.15, 0.2) is 60.1 Å². The Hall–Kier alpha value is -2.41. The molecule has 3 N–H and O–H groups in total. The van der Waals surface area contributed by atoms with Crippen LogP contribution in [0.4, 0.5) is 5.69 Å². The number of aliphatic hydroxyl groups is 1. The number of anilines is 1. The van der Waals surface area contributed by atoms with Crippen molar-refractivity contribution in [3.63, 3.8) is 0 Å². The number of hydrogen-bond donors (Lipinski definition) is 3. The van der Waals surface area contributed by atoms with Crippen LogP contribution in [0.2, 0.25) is 5.02 Å². The molecule has 0 saturated heterocycles. The zero-order valence-electron chi connectivity index (χ0n) is 15.1.